The highest BCUT2D eigenvalue weighted by molar-refractivity contribution is 5.81. The lowest BCUT2D eigenvalue weighted by Gasteiger charge is -2.43. The van der Waals surface area contributed by atoms with E-state index in [2.05, 4.69) is 16.4 Å². The molecule has 6 nitrogen and oxygen atoms in total. The minimum absolute atomic E-state index is 0.417. The topological polar surface area (TPSA) is 86.9 Å². The predicted octanol–water partition coefficient (Wildman–Crippen LogP) is 3.21. The van der Waals surface area contributed by atoms with Crippen LogP contribution in [0.15, 0.2) is 47.5 Å². The predicted molar refractivity (Wildman–Crippen MR) is 107 cm³/mol. The van der Waals surface area contributed by atoms with Crippen LogP contribution in [-0.4, -0.2) is 35.9 Å². The van der Waals surface area contributed by atoms with Gasteiger partial charge in [-0.3, -0.25) is 4.99 Å². The van der Waals surface area contributed by atoms with Crippen molar-refractivity contribution in [3.05, 3.63) is 59.2 Å². The normalized spacial score (nSPS) is 22.3. The lowest BCUT2D eigenvalue weighted by Crippen LogP contribution is -2.50. The number of hydrogen-bond acceptors (Lipinski definition) is 6. The van der Waals surface area contributed by atoms with E-state index in [0.717, 1.165) is 22.7 Å². The Hall–Kier alpha value is -3.04. The number of rotatable bonds is 4. The van der Waals surface area contributed by atoms with Crippen molar-refractivity contribution in [2.24, 2.45) is 4.99 Å². The van der Waals surface area contributed by atoms with E-state index in [0.29, 0.717) is 30.9 Å². The van der Waals surface area contributed by atoms with E-state index in [9.17, 15) is 10.4 Å². The average molecular weight is 377 g/mol. The first kappa shape index (κ1) is 18.3. The summed E-state index contributed by atoms with van der Waals surface area (Å²) < 4.78 is 11.6. The van der Waals surface area contributed by atoms with Crippen molar-refractivity contribution < 1.29 is 14.6 Å². The molecule has 2 atom stereocenters. The van der Waals surface area contributed by atoms with Gasteiger partial charge in [-0.1, -0.05) is 18.2 Å². The zero-order valence-corrected chi connectivity index (χ0v) is 16.0. The number of nitrogens with one attached hydrogen (secondary N) is 1. The summed E-state index contributed by atoms with van der Waals surface area (Å²) in [7, 11) is 0. The van der Waals surface area contributed by atoms with Gasteiger partial charge >= 0.3 is 0 Å². The number of anilines is 1. The fourth-order valence-corrected chi connectivity index (χ4v) is 3.66. The third-order valence-electron chi connectivity index (χ3n) is 5.19. The van der Waals surface area contributed by atoms with Gasteiger partial charge in [0.2, 0.25) is 0 Å². The highest BCUT2D eigenvalue weighted by Gasteiger charge is 2.43. The van der Waals surface area contributed by atoms with Crippen LogP contribution in [0.2, 0.25) is 0 Å². The highest BCUT2D eigenvalue weighted by atomic mass is 16.5. The van der Waals surface area contributed by atoms with Crippen LogP contribution < -0.4 is 10.1 Å². The molecule has 4 rings (SSSR count). The fourth-order valence-electron chi connectivity index (χ4n) is 3.66. The van der Waals surface area contributed by atoms with E-state index in [1.165, 1.54) is 0 Å². The summed E-state index contributed by atoms with van der Waals surface area (Å²) in [5, 5.41) is 23.8. The molecule has 2 aromatic rings. The molecule has 0 amide bonds. The number of ether oxygens (including phenoxy) is 2. The van der Waals surface area contributed by atoms with E-state index in [1.807, 2.05) is 38.1 Å². The Labute approximate surface area is 164 Å². The third-order valence-corrected chi connectivity index (χ3v) is 5.19. The Balaban J connectivity index is 1.70. The average Bonchev–Trinajstić information content (AvgIpc) is 3.19. The summed E-state index contributed by atoms with van der Waals surface area (Å²) >= 11 is 0. The van der Waals surface area contributed by atoms with Crippen LogP contribution in [0.4, 0.5) is 5.69 Å². The summed E-state index contributed by atoms with van der Waals surface area (Å²) in [4.78, 5) is 4.38. The van der Waals surface area contributed by atoms with E-state index in [-0.39, 0.29) is 0 Å². The number of hydrogen-bond donors (Lipinski definition) is 2. The molecule has 0 bridgehead atoms. The van der Waals surface area contributed by atoms with Gasteiger partial charge in [0, 0.05) is 11.3 Å². The van der Waals surface area contributed by atoms with Crippen molar-refractivity contribution >= 4 is 11.6 Å². The summed E-state index contributed by atoms with van der Waals surface area (Å²) in [6, 6.07) is 15.0. The molecule has 0 radical (unpaired) electrons. The van der Waals surface area contributed by atoms with Crippen molar-refractivity contribution in [1.29, 1.82) is 5.26 Å². The van der Waals surface area contributed by atoms with Crippen molar-refractivity contribution in [3.63, 3.8) is 0 Å². The molecular formula is C22H23N3O3. The number of benzene rings is 2. The van der Waals surface area contributed by atoms with Crippen LogP contribution in [0.5, 0.6) is 5.75 Å². The quantitative estimate of drug-likeness (QED) is 0.854. The van der Waals surface area contributed by atoms with Crippen LogP contribution >= 0.6 is 0 Å². The van der Waals surface area contributed by atoms with Crippen LogP contribution in [0.1, 0.15) is 36.6 Å². The van der Waals surface area contributed by atoms with Crippen LogP contribution in [0, 0.1) is 11.3 Å². The molecule has 2 aliphatic heterocycles. The Morgan fingerprint density at radius 3 is 2.86 bits per heavy atom. The first-order valence-electron chi connectivity index (χ1n) is 9.39. The van der Waals surface area contributed by atoms with Crippen molar-refractivity contribution in [2.45, 2.75) is 38.0 Å². The monoisotopic (exact) mass is 377 g/mol. The minimum Gasteiger partial charge on any atom is -0.485 e. The Morgan fingerprint density at radius 2 is 2.11 bits per heavy atom. The molecule has 2 aliphatic rings. The largest absolute Gasteiger partial charge is 0.485 e. The smallest absolute Gasteiger partial charge is 0.187 e. The van der Waals surface area contributed by atoms with E-state index < -0.39 is 17.7 Å². The SMILES string of the molecule is CC1(C)Oc2ccc(C#N)cc2[C@H](Nc2ccccc2CC2=NCCO2)[C@H]1O. The summed E-state index contributed by atoms with van der Waals surface area (Å²) in [5.74, 6) is 1.40. The lowest BCUT2D eigenvalue weighted by atomic mass is 9.85. The number of aliphatic hydroxyl groups is 1. The fraction of sp³-hybridized carbons (Fsp3) is 0.364. The van der Waals surface area contributed by atoms with Crippen LogP contribution in [0.25, 0.3) is 0 Å². The Kier molecular flexibility index (Phi) is 4.70. The first-order chi connectivity index (χ1) is 13.5. The molecule has 2 aromatic carbocycles. The summed E-state index contributed by atoms with van der Waals surface area (Å²) in [5.41, 5.74) is 2.47. The summed E-state index contributed by atoms with van der Waals surface area (Å²) in [6.45, 7) is 5.05. The standard InChI is InChI=1S/C22H23N3O3/c1-22(2)21(26)20(16-11-14(13-23)7-8-18(16)28-22)25-17-6-4-3-5-15(17)12-19-24-9-10-27-19/h3-8,11,20-21,25-26H,9-10,12H2,1-2H3/t20-,21+/m0/s1. The van der Waals surface area contributed by atoms with E-state index in [4.69, 9.17) is 9.47 Å². The molecular weight excluding hydrogens is 354 g/mol. The van der Waals surface area contributed by atoms with Crippen LogP contribution in [0.3, 0.4) is 0 Å². The number of fused-ring (bicyclic) bond motifs is 1. The zero-order valence-electron chi connectivity index (χ0n) is 16.0. The van der Waals surface area contributed by atoms with Gasteiger partial charge in [-0.15, -0.1) is 0 Å². The van der Waals surface area contributed by atoms with Crippen molar-refractivity contribution in [3.8, 4) is 11.8 Å². The minimum atomic E-state index is -0.804. The van der Waals surface area contributed by atoms with Crippen molar-refractivity contribution in [2.75, 3.05) is 18.5 Å². The first-order valence-corrected chi connectivity index (χ1v) is 9.39. The second-order valence-electron chi connectivity index (χ2n) is 7.59. The number of aliphatic imine (C=N–C) groups is 1. The molecule has 2 N–H and O–H groups in total. The van der Waals surface area contributed by atoms with Gasteiger partial charge in [-0.25, -0.2) is 0 Å². The molecule has 144 valence electrons. The maximum atomic E-state index is 11.0. The Bertz CT molecular complexity index is 962. The van der Waals surface area contributed by atoms with Gasteiger partial charge in [0.05, 0.1) is 30.6 Å². The highest BCUT2D eigenvalue weighted by Crippen LogP contribution is 2.42. The molecule has 0 saturated carbocycles. The maximum absolute atomic E-state index is 11.0. The molecule has 6 heteroatoms. The molecule has 0 spiro atoms. The van der Waals surface area contributed by atoms with Gasteiger partial charge in [0.15, 0.2) is 5.90 Å². The lowest BCUT2D eigenvalue weighted by molar-refractivity contribution is -0.0532. The summed E-state index contributed by atoms with van der Waals surface area (Å²) in [6.07, 6.45) is -0.209. The van der Waals surface area contributed by atoms with Gasteiger partial charge in [0.1, 0.15) is 24.1 Å². The maximum Gasteiger partial charge on any atom is 0.187 e. The molecule has 0 saturated heterocycles. The van der Waals surface area contributed by atoms with Crippen molar-refractivity contribution in [1.82, 2.24) is 0 Å². The molecule has 0 aromatic heterocycles. The molecule has 2 heterocycles. The molecule has 0 fully saturated rings. The third kappa shape index (κ3) is 3.41. The van der Waals surface area contributed by atoms with Gasteiger partial charge in [-0.2, -0.15) is 5.26 Å². The Morgan fingerprint density at radius 1 is 1.29 bits per heavy atom. The van der Waals surface area contributed by atoms with Gasteiger partial charge in [0.25, 0.3) is 0 Å². The second-order valence-corrected chi connectivity index (χ2v) is 7.59. The number of aliphatic hydroxyl groups excluding tert-OH is 1. The molecule has 28 heavy (non-hydrogen) atoms. The van der Waals surface area contributed by atoms with Gasteiger partial charge in [-0.05, 0) is 43.7 Å². The van der Waals surface area contributed by atoms with Crippen LogP contribution in [-0.2, 0) is 11.2 Å². The molecule has 0 aliphatic carbocycles. The van der Waals surface area contributed by atoms with E-state index in [1.54, 1.807) is 18.2 Å². The number of nitriles is 1. The number of para-hydroxylation sites is 1. The number of nitrogens with zero attached hydrogens (tertiary/aromatic N) is 2. The molecule has 0 unspecified atom stereocenters. The second kappa shape index (κ2) is 7.17. The van der Waals surface area contributed by atoms with Gasteiger partial charge < -0.3 is 19.9 Å². The zero-order chi connectivity index (χ0) is 19.7. The van der Waals surface area contributed by atoms with E-state index >= 15 is 0 Å².